The molecule has 0 aromatic heterocycles. The Morgan fingerprint density at radius 1 is 0.412 bits per heavy atom. The molecule has 200 valence electrons. The molecule has 0 aliphatic rings. The van der Waals surface area contributed by atoms with E-state index in [-0.39, 0.29) is 0 Å². The van der Waals surface area contributed by atoms with Crippen molar-refractivity contribution in [1.29, 1.82) is 0 Å². The summed E-state index contributed by atoms with van der Waals surface area (Å²) in [6.07, 6.45) is 27.0. The molecule has 0 saturated carbocycles. The van der Waals surface area contributed by atoms with E-state index in [2.05, 4.69) is 79.7 Å². The van der Waals surface area contributed by atoms with Crippen molar-refractivity contribution in [3.8, 4) is 0 Å². The maximum atomic E-state index is 2.59. The molecular formula is C32H64Sn2. The van der Waals surface area contributed by atoms with Gasteiger partial charge in [-0.3, -0.25) is 0 Å². The first-order valence-corrected chi connectivity index (χ1v) is 30.4. The van der Waals surface area contributed by atoms with Crippen molar-refractivity contribution >= 4 is 36.8 Å². The van der Waals surface area contributed by atoms with Gasteiger partial charge in [-0.05, 0) is 0 Å². The number of allylic oxidation sites excluding steroid dienone is 6. The second kappa shape index (κ2) is 21.9. The van der Waals surface area contributed by atoms with E-state index < -0.39 is 36.8 Å². The molecule has 0 aromatic rings. The summed E-state index contributed by atoms with van der Waals surface area (Å²) < 4.78 is 13.2. The molecule has 0 saturated heterocycles. The second-order valence-corrected chi connectivity index (χ2v) is 38.9. The summed E-state index contributed by atoms with van der Waals surface area (Å²) >= 11 is -4.45. The van der Waals surface area contributed by atoms with Crippen LogP contribution in [-0.2, 0) is 0 Å². The van der Waals surface area contributed by atoms with Crippen LogP contribution in [0.2, 0.25) is 26.6 Å². The third-order valence-corrected chi connectivity index (χ3v) is 41.5. The van der Waals surface area contributed by atoms with E-state index in [0.717, 1.165) is 0 Å². The van der Waals surface area contributed by atoms with Gasteiger partial charge in [0.15, 0.2) is 0 Å². The third kappa shape index (κ3) is 13.4. The Morgan fingerprint density at radius 2 is 0.618 bits per heavy atom. The van der Waals surface area contributed by atoms with E-state index in [1.807, 2.05) is 7.18 Å². The van der Waals surface area contributed by atoms with Crippen molar-refractivity contribution in [3.63, 3.8) is 0 Å². The van der Waals surface area contributed by atoms with Crippen molar-refractivity contribution in [2.45, 2.75) is 159 Å². The third-order valence-electron chi connectivity index (χ3n) is 8.53. The van der Waals surface area contributed by atoms with Gasteiger partial charge in [-0.1, -0.05) is 0 Å². The topological polar surface area (TPSA) is 0 Å². The summed E-state index contributed by atoms with van der Waals surface area (Å²) in [6.45, 7) is 19.4. The zero-order chi connectivity index (χ0) is 25.7. The fourth-order valence-corrected chi connectivity index (χ4v) is 37.0. The van der Waals surface area contributed by atoms with Gasteiger partial charge in [0.2, 0.25) is 0 Å². The minimum atomic E-state index is -2.22. The van der Waals surface area contributed by atoms with Gasteiger partial charge in [-0.25, -0.2) is 0 Å². The van der Waals surface area contributed by atoms with Crippen LogP contribution >= 0.6 is 0 Å². The summed E-state index contributed by atoms with van der Waals surface area (Å²) in [6, 6.07) is 0. The van der Waals surface area contributed by atoms with Crippen LogP contribution < -0.4 is 0 Å². The zero-order valence-corrected chi connectivity index (χ0v) is 30.7. The molecule has 0 spiro atoms. The van der Waals surface area contributed by atoms with Crippen LogP contribution in [-0.4, -0.2) is 36.8 Å². The molecule has 0 aliphatic carbocycles. The van der Waals surface area contributed by atoms with Crippen LogP contribution in [0.5, 0.6) is 0 Å². The molecule has 0 rings (SSSR count). The molecule has 34 heavy (non-hydrogen) atoms. The SMILES string of the molecule is CCC[CH2][Sn]([CH2]CCC)([CH2]CCC)/[C](C)=C/C=C/C=[C](\C)[Sn]([CH2]CCC)([CH2]CCC)[CH2]CCC. The Morgan fingerprint density at radius 3 is 0.794 bits per heavy atom. The predicted molar refractivity (Wildman–Crippen MR) is 166 cm³/mol. The average molecular weight is 686 g/mol. The van der Waals surface area contributed by atoms with Crippen molar-refractivity contribution in [1.82, 2.24) is 0 Å². The summed E-state index contributed by atoms with van der Waals surface area (Å²) in [5, 5.41) is 0. The van der Waals surface area contributed by atoms with Crippen LogP contribution in [0.15, 0.2) is 31.5 Å². The normalized spacial score (nSPS) is 13.9. The van der Waals surface area contributed by atoms with E-state index >= 15 is 0 Å². The van der Waals surface area contributed by atoms with Gasteiger partial charge in [0.05, 0.1) is 0 Å². The first-order chi connectivity index (χ1) is 16.4. The summed E-state index contributed by atoms with van der Waals surface area (Å²) in [4.78, 5) is 0. The van der Waals surface area contributed by atoms with Gasteiger partial charge in [-0.2, -0.15) is 0 Å². The number of unbranched alkanes of at least 4 members (excludes halogenated alkanes) is 6. The van der Waals surface area contributed by atoms with E-state index in [9.17, 15) is 0 Å². The zero-order valence-electron chi connectivity index (χ0n) is 25.0. The van der Waals surface area contributed by atoms with Crippen molar-refractivity contribution in [2.75, 3.05) is 0 Å². The molecule has 0 nitrogen and oxygen atoms in total. The van der Waals surface area contributed by atoms with E-state index in [1.165, 1.54) is 77.0 Å². The molecule has 0 N–H and O–H groups in total. The first kappa shape index (κ1) is 34.8. The fourth-order valence-electron chi connectivity index (χ4n) is 5.78. The molecule has 2 heteroatoms. The Balaban J connectivity index is 5.83. The second-order valence-electron chi connectivity index (χ2n) is 11.3. The van der Waals surface area contributed by atoms with Gasteiger partial charge in [0.1, 0.15) is 0 Å². The van der Waals surface area contributed by atoms with Crippen LogP contribution in [0.25, 0.3) is 0 Å². The van der Waals surface area contributed by atoms with Gasteiger partial charge in [0, 0.05) is 0 Å². The van der Waals surface area contributed by atoms with Crippen LogP contribution in [0.3, 0.4) is 0 Å². The van der Waals surface area contributed by atoms with Crippen molar-refractivity contribution < 1.29 is 0 Å². The fraction of sp³-hybridized carbons (Fsp3) is 0.812. The molecule has 0 aliphatic heterocycles. The average Bonchev–Trinajstić information content (AvgIpc) is 2.85. The van der Waals surface area contributed by atoms with Crippen LogP contribution in [0.4, 0.5) is 0 Å². The Bertz CT molecular complexity index is 476. The monoisotopic (exact) mass is 688 g/mol. The van der Waals surface area contributed by atoms with Gasteiger partial charge < -0.3 is 0 Å². The molecule has 0 fully saturated rings. The molecule has 0 heterocycles. The molecule has 0 radical (unpaired) electrons. The quantitative estimate of drug-likeness (QED) is 0.0786. The number of rotatable bonds is 22. The van der Waals surface area contributed by atoms with Gasteiger partial charge >= 0.3 is 227 Å². The molecule has 0 aromatic carbocycles. The van der Waals surface area contributed by atoms with Crippen LogP contribution in [0.1, 0.15) is 132 Å². The first-order valence-electron chi connectivity index (χ1n) is 15.4. The Kier molecular flexibility index (Phi) is 22.4. The summed E-state index contributed by atoms with van der Waals surface area (Å²) in [7, 11) is 0. The molecule has 0 bridgehead atoms. The molecular weight excluding hydrogens is 622 g/mol. The predicted octanol–water partition coefficient (Wildman–Crippen LogP) is 12.2. The molecule has 0 atom stereocenters. The van der Waals surface area contributed by atoms with Gasteiger partial charge in [0.25, 0.3) is 0 Å². The number of hydrogen-bond donors (Lipinski definition) is 0. The van der Waals surface area contributed by atoms with Crippen LogP contribution in [0, 0.1) is 0 Å². The van der Waals surface area contributed by atoms with Crippen molar-refractivity contribution in [2.24, 2.45) is 0 Å². The van der Waals surface area contributed by atoms with E-state index in [1.54, 1.807) is 26.6 Å². The molecule has 0 amide bonds. The standard InChI is InChI=1S/C8H10.6C4H9.2Sn/c1-3-5-7-8-6-4-2;6*1-3-4-2;;/h5-8H,1-2H3;6*1,3-4H2,2H3;;/b5-3?,6-4?,8-7+;;;;;;;;. The Labute approximate surface area is 225 Å². The number of hydrogen-bond acceptors (Lipinski definition) is 0. The summed E-state index contributed by atoms with van der Waals surface area (Å²) in [5.41, 5.74) is 0. The van der Waals surface area contributed by atoms with E-state index in [4.69, 9.17) is 0 Å². The molecule has 0 unspecified atom stereocenters. The summed E-state index contributed by atoms with van der Waals surface area (Å²) in [5.74, 6) is 0. The van der Waals surface area contributed by atoms with E-state index in [0.29, 0.717) is 0 Å². The van der Waals surface area contributed by atoms with Gasteiger partial charge in [-0.15, -0.1) is 0 Å². The maximum absolute atomic E-state index is 2.59. The Hall–Kier alpha value is 0.817. The van der Waals surface area contributed by atoms with Crippen molar-refractivity contribution in [3.05, 3.63) is 31.5 Å². The minimum absolute atomic E-state index is 1.37.